The number of hydrogen-bond donors (Lipinski definition) is 2. The van der Waals surface area contributed by atoms with Crippen LogP contribution in [0.15, 0.2) is 42.5 Å². The Balaban J connectivity index is 0.713. The highest BCUT2D eigenvalue weighted by Gasteiger charge is 2.46. The van der Waals surface area contributed by atoms with Crippen LogP contribution in [0.1, 0.15) is 119 Å². The molecule has 0 spiro atoms. The van der Waals surface area contributed by atoms with Gasteiger partial charge in [-0.15, -0.1) is 10.2 Å². The molecule has 5 amide bonds. The number of carbonyl (C=O) groups is 5. The first-order chi connectivity index (χ1) is 30.5. The van der Waals surface area contributed by atoms with Crippen molar-refractivity contribution in [2.24, 2.45) is 23.7 Å². The number of ether oxygens (including phenoxy) is 1. The second kappa shape index (κ2) is 18.3. The maximum atomic E-state index is 15.5. The van der Waals surface area contributed by atoms with E-state index in [0.29, 0.717) is 51.8 Å². The lowest BCUT2D eigenvalue weighted by Gasteiger charge is -2.31. The van der Waals surface area contributed by atoms with E-state index in [2.05, 4.69) is 36.7 Å². The van der Waals surface area contributed by atoms with Crippen LogP contribution < -0.4 is 20.3 Å². The lowest BCUT2D eigenvalue weighted by atomic mass is 9.88. The summed E-state index contributed by atoms with van der Waals surface area (Å²) >= 11 is 6.16. The van der Waals surface area contributed by atoms with Crippen molar-refractivity contribution < 1.29 is 33.1 Å². The third kappa shape index (κ3) is 9.29. The molecular weight excluding hydrogens is 827 g/mol. The van der Waals surface area contributed by atoms with Gasteiger partial charge < -0.3 is 19.9 Å². The number of amides is 5. The number of piperidine rings is 1. The van der Waals surface area contributed by atoms with Gasteiger partial charge in [-0.25, -0.2) is 4.39 Å². The van der Waals surface area contributed by atoms with Gasteiger partial charge >= 0.3 is 0 Å². The van der Waals surface area contributed by atoms with Crippen LogP contribution in [-0.4, -0.2) is 100 Å². The number of nitriles is 1. The van der Waals surface area contributed by atoms with Gasteiger partial charge in [0, 0.05) is 38.2 Å². The molecule has 4 aliphatic heterocycles. The molecule has 63 heavy (non-hydrogen) atoms. The lowest BCUT2D eigenvalue weighted by molar-refractivity contribution is -0.136. The summed E-state index contributed by atoms with van der Waals surface area (Å²) in [6.45, 7) is 4.87. The number of likely N-dealkylation sites (tertiary alicyclic amines) is 1. The third-order valence-electron chi connectivity index (χ3n) is 14.3. The summed E-state index contributed by atoms with van der Waals surface area (Å²) in [7, 11) is 0. The second-order valence-electron chi connectivity index (χ2n) is 18.4. The molecule has 2 saturated carbocycles. The van der Waals surface area contributed by atoms with Crippen molar-refractivity contribution in [3.05, 3.63) is 81.3 Å². The highest BCUT2D eigenvalue weighted by molar-refractivity contribution is 6.31. The van der Waals surface area contributed by atoms with Crippen molar-refractivity contribution in [2.75, 3.05) is 37.6 Å². The number of benzene rings is 2. The molecule has 2 aliphatic carbocycles. The lowest BCUT2D eigenvalue weighted by Crippen LogP contribution is -2.54. The van der Waals surface area contributed by atoms with Crippen LogP contribution in [0.4, 0.5) is 10.2 Å². The van der Waals surface area contributed by atoms with Gasteiger partial charge in [-0.05, 0) is 143 Å². The van der Waals surface area contributed by atoms with Gasteiger partial charge in [0.2, 0.25) is 11.8 Å². The summed E-state index contributed by atoms with van der Waals surface area (Å²) < 4.78 is 21.6. The van der Waals surface area contributed by atoms with E-state index in [-0.39, 0.29) is 47.9 Å². The molecule has 16 heteroatoms. The van der Waals surface area contributed by atoms with Gasteiger partial charge in [-0.1, -0.05) is 24.4 Å². The quantitative estimate of drug-likeness (QED) is 0.233. The van der Waals surface area contributed by atoms with Crippen molar-refractivity contribution in [1.82, 2.24) is 30.6 Å². The fraction of sp³-hybridized carbons (Fsp3) is 0.532. The van der Waals surface area contributed by atoms with E-state index in [1.54, 1.807) is 24.3 Å². The van der Waals surface area contributed by atoms with Crippen molar-refractivity contribution in [2.45, 2.75) is 102 Å². The predicted octanol–water partition coefficient (Wildman–Crippen LogP) is 5.86. The Labute approximate surface area is 370 Å². The van der Waals surface area contributed by atoms with Crippen molar-refractivity contribution >= 4 is 47.0 Å². The zero-order valence-electron chi connectivity index (χ0n) is 35.2. The van der Waals surface area contributed by atoms with E-state index in [1.807, 2.05) is 6.07 Å². The zero-order chi connectivity index (χ0) is 43.8. The minimum atomic E-state index is -1.08. The molecule has 3 saturated heterocycles. The number of anilines is 1. The summed E-state index contributed by atoms with van der Waals surface area (Å²) in [6, 6.07) is 12.4. The van der Waals surface area contributed by atoms with E-state index in [1.165, 1.54) is 6.07 Å². The largest absolute Gasteiger partial charge is 0.490 e. The Hall–Kier alpha value is -5.46. The maximum absolute atomic E-state index is 15.5. The van der Waals surface area contributed by atoms with Crippen molar-refractivity contribution in [3.63, 3.8) is 0 Å². The summed E-state index contributed by atoms with van der Waals surface area (Å²) in [5.41, 5.74) is 1.23. The van der Waals surface area contributed by atoms with Crippen LogP contribution >= 0.6 is 11.6 Å². The number of aromatic nitrogens is 2. The fourth-order valence-electron chi connectivity index (χ4n) is 11.0. The third-order valence-corrected chi connectivity index (χ3v) is 14.6. The molecule has 4 atom stereocenters. The first-order valence-electron chi connectivity index (χ1n) is 22.5. The smallest absolute Gasteiger partial charge is 0.272 e. The average molecular weight is 879 g/mol. The Morgan fingerprint density at radius 3 is 2.35 bits per heavy atom. The van der Waals surface area contributed by atoms with Crippen molar-refractivity contribution in [3.8, 4) is 11.8 Å². The van der Waals surface area contributed by atoms with Gasteiger partial charge in [0.15, 0.2) is 11.5 Å². The van der Waals surface area contributed by atoms with Gasteiger partial charge in [-0.2, -0.15) is 5.26 Å². The molecule has 330 valence electrons. The van der Waals surface area contributed by atoms with Crippen LogP contribution in [0.25, 0.3) is 0 Å². The summed E-state index contributed by atoms with van der Waals surface area (Å²) in [5, 5.41) is 23.6. The molecule has 0 radical (unpaired) electrons. The number of rotatable bonds is 10. The van der Waals surface area contributed by atoms with Gasteiger partial charge in [0.25, 0.3) is 17.7 Å². The molecule has 4 unspecified atom stereocenters. The Kier molecular flexibility index (Phi) is 12.5. The number of halogens is 2. The molecule has 5 fully saturated rings. The van der Waals surface area contributed by atoms with Crippen LogP contribution in [0, 0.1) is 40.8 Å². The summed E-state index contributed by atoms with van der Waals surface area (Å²) in [6.07, 6.45) is 10.0. The Morgan fingerprint density at radius 2 is 1.65 bits per heavy atom. The number of carbonyl (C=O) groups excluding carboxylic acids is 5. The number of fused-ring (bicyclic) bond motifs is 2. The highest BCUT2D eigenvalue weighted by atomic mass is 35.5. The SMILES string of the molecule is N#Cc1ccc(OC2CCC(NC(=O)c3ccc(N4CC5CC(CN6CCCCC(Cc7cc8c(cc7F)C(=O)N(C7CCC(=O)NC7=O)C8=O)CC6)CC5C4)nn3)CC2)cc1Cl. The highest BCUT2D eigenvalue weighted by Crippen LogP contribution is 2.43. The molecule has 2 N–H and O–H groups in total. The normalized spacial score (nSPS) is 27.6. The summed E-state index contributed by atoms with van der Waals surface area (Å²) in [5.74, 6) is 0.276. The van der Waals surface area contributed by atoms with Crippen LogP contribution in [-0.2, 0) is 16.0 Å². The summed E-state index contributed by atoms with van der Waals surface area (Å²) in [4.78, 5) is 69.6. The molecule has 6 aliphatic rings. The Bertz CT molecular complexity index is 2320. The molecule has 14 nitrogen and oxygen atoms in total. The monoisotopic (exact) mass is 878 g/mol. The second-order valence-corrected chi connectivity index (χ2v) is 18.9. The van der Waals surface area contributed by atoms with E-state index in [9.17, 15) is 24.0 Å². The molecule has 0 bridgehead atoms. The zero-order valence-corrected chi connectivity index (χ0v) is 36.0. The van der Waals surface area contributed by atoms with E-state index < -0.39 is 35.5 Å². The standard InChI is InChI=1S/C47H52ClFN8O6/c48-38-21-35(7-4-29(38)23-50)63-34-8-5-33(6-9-34)51-44(59)40-10-12-42(54-53-40)56-25-31-18-28(19-32(31)26-56)24-55-15-2-1-3-27(14-16-55)17-30-20-36-37(22-39(30)49)47(62)57(46(36)61)41-11-13-43(58)52-45(41)60/h4,7,10,12,20-22,27-28,31-34,41H,1-3,5-6,8-9,11,13-19,24-26H2,(H,51,59)(H,52,58,60). The van der Waals surface area contributed by atoms with E-state index >= 15 is 4.39 Å². The number of nitrogens with zero attached hydrogens (tertiary/aromatic N) is 6. The first-order valence-corrected chi connectivity index (χ1v) is 22.9. The number of imide groups is 2. The molecule has 9 rings (SSSR count). The average Bonchev–Trinajstić information content (AvgIpc) is 3.90. The molecule has 3 aromatic rings. The molecule has 2 aromatic carbocycles. The minimum absolute atomic E-state index is 0.0154. The van der Waals surface area contributed by atoms with Crippen LogP contribution in [0.2, 0.25) is 5.02 Å². The van der Waals surface area contributed by atoms with Gasteiger partial charge in [0.1, 0.15) is 23.7 Å². The van der Waals surface area contributed by atoms with Crippen LogP contribution in [0.5, 0.6) is 5.75 Å². The molecule has 5 heterocycles. The van der Waals surface area contributed by atoms with E-state index in [0.717, 1.165) is 114 Å². The maximum Gasteiger partial charge on any atom is 0.272 e. The molecule has 1 aromatic heterocycles. The van der Waals surface area contributed by atoms with Crippen LogP contribution in [0.3, 0.4) is 0 Å². The number of hydrogen-bond acceptors (Lipinski definition) is 11. The van der Waals surface area contributed by atoms with Crippen molar-refractivity contribution in [1.29, 1.82) is 5.26 Å². The molecular formula is C47H52ClFN8O6. The van der Waals surface area contributed by atoms with Gasteiger partial charge in [0.05, 0.1) is 27.8 Å². The topological polar surface area (TPSA) is 178 Å². The number of nitrogens with one attached hydrogen (secondary N) is 2. The first kappa shape index (κ1) is 42.8. The predicted molar refractivity (Wildman–Crippen MR) is 229 cm³/mol. The fourth-order valence-corrected chi connectivity index (χ4v) is 11.2. The Morgan fingerprint density at radius 1 is 0.889 bits per heavy atom. The van der Waals surface area contributed by atoms with E-state index in [4.69, 9.17) is 21.6 Å². The van der Waals surface area contributed by atoms with Gasteiger partial charge in [-0.3, -0.25) is 34.2 Å². The minimum Gasteiger partial charge on any atom is -0.490 e.